The number of nitrogens with zero attached hydrogens (tertiary/aromatic N) is 3. The molecule has 106 valence electrons. The molecule has 1 heterocycles. The maximum atomic E-state index is 12.3. The van der Waals surface area contributed by atoms with E-state index in [9.17, 15) is 10.1 Å². The smallest absolute Gasteiger partial charge is 0.234 e. The van der Waals surface area contributed by atoms with Gasteiger partial charge in [-0.15, -0.1) is 0 Å². The molecule has 20 heavy (non-hydrogen) atoms. The molecule has 1 saturated carbocycles. The Morgan fingerprint density at radius 3 is 2.80 bits per heavy atom. The highest BCUT2D eigenvalue weighted by atomic mass is 32.2. The van der Waals surface area contributed by atoms with Crippen LogP contribution in [-0.4, -0.2) is 34.1 Å². The van der Waals surface area contributed by atoms with E-state index in [1.807, 2.05) is 18.2 Å². The standard InChI is InChI=1S/C15H19N3OS/c1-18(15(12-16)8-4-2-5-9-15)14(19)11-20-13-7-3-6-10-17-13/h3,6-7,10H,2,4-5,8-9,11H2,1H3. The van der Waals surface area contributed by atoms with Crippen LogP contribution in [0.1, 0.15) is 32.1 Å². The lowest BCUT2D eigenvalue weighted by atomic mass is 9.81. The van der Waals surface area contributed by atoms with Crippen molar-refractivity contribution < 1.29 is 4.79 Å². The number of carbonyl (C=O) groups is 1. The number of thioether (sulfide) groups is 1. The fourth-order valence-electron chi connectivity index (χ4n) is 2.56. The maximum absolute atomic E-state index is 12.3. The average molecular weight is 289 g/mol. The lowest BCUT2D eigenvalue weighted by Crippen LogP contribution is -2.50. The topological polar surface area (TPSA) is 57.0 Å². The van der Waals surface area contributed by atoms with Gasteiger partial charge in [-0.05, 0) is 25.0 Å². The van der Waals surface area contributed by atoms with Crippen LogP contribution in [0.25, 0.3) is 0 Å². The van der Waals surface area contributed by atoms with Crippen LogP contribution in [0.2, 0.25) is 0 Å². The molecule has 0 aromatic carbocycles. The van der Waals surface area contributed by atoms with Gasteiger partial charge in [0.15, 0.2) is 0 Å². The molecule has 1 aromatic heterocycles. The van der Waals surface area contributed by atoms with Gasteiger partial charge in [-0.3, -0.25) is 4.79 Å². The quantitative estimate of drug-likeness (QED) is 0.800. The zero-order valence-electron chi connectivity index (χ0n) is 11.7. The second-order valence-electron chi connectivity index (χ2n) is 5.11. The molecule has 1 fully saturated rings. The summed E-state index contributed by atoms with van der Waals surface area (Å²) in [6.45, 7) is 0. The van der Waals surface area contributed by atoms with Gasteiger partial charge in [-0.1, -0.05) is 37.1 Å². The van der Waals surface area contributed by atoms with Gasteiger partial charge in [-0.2, -0.15) is 5.26 Å². The summed E-state index contributed by atoms with van der Waals surface area (Å²) >= 11 is 1.42. The molecule has 4 nitrogen and oxygen atoms in total. The minimum Gasteiger partial charge on any atom is -0.326 e. The summed E-state index contributed by atoms with van der Waals surface area (Å²) in [4.78, 5) is 18.1. The van der Waals surface area contributed by atoms with E-state index in [-0.39, 0.29) is 5.91 Å². The Balaban J connectivity index is 1.96. The minimum atomic E-state index is -0.597. The van der Waals surface area contributed by atoms with E-state index < -0.39 is 5.54 Å². The van der Waals surface area contributed by atoms with Crippen LogP contribution in [0, 0.1) is 11.3 Å². The van der Waals surface area contributed by atoms with Gasteiger partial charge in [-0.25, -0.2) is 4.98 Å². The Labute approximate surface area is 124 Å². The average Bonchev–Trinajstić information content (AvgIpc) is 2.53. The first kappa shape index (κ1) is 14.9. The van der Waals surface area contributed by atoms with Crippen molar-refractivity contribution in [3.63, 3.8) is 0 Å². The first-order valence-corrected chi connectivity index (χ1v) is 7.88. The van der Waals surface area contributed by atoms with Crippen molar-refractivity contribution in [3.05, 3.63) is 24.4 Å². The summed E-state index contributed by atoms with van der Waals surface area (Å²) in [7, 11) is 1.76. The Morgan fingerprint density at radius 1 is 1.45 bits per heavy atom. The lowest BCUT2D eigenvalue weighted by Gasteiger charge is -2.39. The van der Waals surface area contributed by atoms with Crippen LogP contribution in [0.5, 0.6) is 0 Å². The fraction of sp³-hybridized carbons (Fsp3) is 0.533. The number of nitriles is 1. The summed E-state index contributed by atoms with van der Waals surface area (Å²) in [5.74, 6) is 0.334. The minimum absolute atomic E-state index is 0.00380. The van der Waals surface area contributed by atoms with Crippen LogP contribution in [0.4, 0.5) is 0 Å². The molecule has 5 heteroatoms. The molecule has 1 amide bonds. The normalized spacial score (nSPS) is 17.2. The van der Waals surface area contributed by atoms with E-state index in [4.69, 9.17) is 0 Å². The third kappa shape index (κ3) is 3.31. The van der Waals surface area contributed by atoms with Crippen molar-refractivity contribution in [2.75, 3.05) is 12.8 Å². The van der Waals surface area contributed by atoms with Crippen LogP contribution in [0.15, 0.2) is 29.4 Å². The molecule has 2 rings (SSSR count). The summed E-state index contributed by atoms with van der Waals surface area (Å²) < 4.78 is 0. The summed E-state index contributed by atoms with van der Waals surface area (Å²) in [5.41, 5.74) is -0.597. The van der Waals surface area contributed by atoms with Gasteiger partial charge < -0.3 is 4.90 Å². The van der Waals surface area contributed by atoms with Gasteiger partial charge >= 0.3 is 0 Å². The second-order valence-corrected chi connectivity index (χ2v) is 6.11. The lowest BCUT2D eigenvalue weighted by molar-refractivity contribution is -0.131. The molecular weight excluding hydrogens is 270 g/mol. The van der Waals surface area contributed by atoms with E-state index in [1.165, 1.54) is 11.8 Å². The highest BCUT2D eigenvalue weighted by Gasteiger charge is 2.38. The molecule has 1 aliphatic rings. The van der Waals surface area contributed by atoms with E-state index in [2.05, 4.69) is 11.1 Å². The molecule has 0 bridgehead atoms. The summed E-state index contributed by atoms with van der Waals surface area (Å²) in [6.07, 6.45) is 6.51. The van der Waals surface area contributed by atoms with Gasteiger partial charge in [0.05, 0.1) is 16.8 Å². The monoisotopic (exact) mass is 289 g/mol. The molecule has 0 unspecified atom stereocenters. The Bertz CT molecular complexity index is 492. The molecule has 0 aliphatic heterocycles. The molecular formula is C15H19N3OS. The van der Waals surface area contributed by atoms with Gasteiger partial charge in [0.2, 0.25) is 5.91 Å². The predicted molar refractivity (Wildman–Crippen MR) is 79.2 cm³/mol. The van der Waals surface area contributed by atoms with E-state index in [0.717, 1.165) is 37.1 Å². The zero-order valence-corrected chi connectivity index (χ0v) is 12.5. The third-order valence-corrected chi connectivity index (χ3v) is 4.81. The van der Waals surface area contributed by atoms with Crippen molar-refractivity contribution in [3.8, 4) is 6.07 Å². The molecule has 0 atom stereocenters. The van der Waals surface area contributed by atoms with Crippen molar-refractivity contribution in [2.45, 2.75) is 42.7 Å². The fourth-order valence-corrected chi connectivity index (χ4v) is 3.34. The first-order valence-electron chi connectivity index (χ1n) is 6.90. The molecule has 0 spiro atoms. The molecule has 1 aliphatic carbocycles. The Morgan fingerprint density at radius 2 is 2.20 bits per heavy atom. The zero-order chi connectivity index (χ0) is 14.4. The number of hydrogen-bond acceptors (Lipinski definition) is 4. The number of pyridine rings is 1. The largest absolute Gasteiger partial charge is 0.326 e. The van der Waals surface area contributed by atoms with Crippen molar-refractivity contribution in [1.82, 2.24) is 9.88 Å². The third-order valence-electron chi connectivity index (χ3n) is 3.89. The second kappa shape index (κ2) is 6.76. The van der Waals surface area contributed by atoms with Crippen molar-refractivity contribution in [2.24, 2.45) is 0 Å². The van der Waals surface area contributed by atoms with Gasteiger partial charge in [0, 0.05) is 13.2 Å². The number of aromatic nitrogens is 1. The van der Waals surface area contributed by atoms with Gasteiger partial charge in [0.1, 0.15) is 5.54 Å². The van der Waals surface area contributed by atoms with E-state index >= 15 is 0 Å². The Hall–Kier alpha value is -1.54. The number of amides is 1. The van der Waals surface area contributed by atoms with E-state index in [1.54, 1.807) is 18.1 Å². The maximum Gasteiger partial charge on any atom is 0.234 e. The number of rotatable bonds is 4. The predicted octanol–water partition coefficient (Wildman–Crippen LogP) is 2.86. The Kier molecular flexibility index (Phi) is 5.02. The van der Waals surface area contributed by atoms with Gasteiger partial charge in [0.25, 0.3) is 0 Å². The van der Waals surface area contributed by atoms with Crippen LogP contribution in [-0.2, 0) is 4.79 Å². The van der Waals surface area contributed by atoms with Crippen molar-refractivity contribution >= 4 is 17.7 Å². The van der Waals surface area contributed by atoms with Crippen molar-refractivity contribution in [1.29, 1.82) is 5.26 Å². The molecule has 0 N–H and O–H groups in total. The molecule has 0 radical (unpaired) electrons. The molecule has 0 saturated heterocycles. The molecule has 1 aromatic rings. The highest BCUT2D eigenvalue weighted by molar-refractivity contribution is 7.99. The number of hydrogen-bond donors (Lipinski definition) is 0. The summed E-state index contributed by atoms with van der Waals surface area (Å²) in [5, 5.41) is 10.3. The van der Waals surface area contributed by atoms with Crippen LogP contribution < -0.4 is 0 Å². The van der Waals surface area contributed by atoms with Crippen LogP contribution in [0.3, 0.4) is 0 Å². The SMILES string of the molecule is CN(C(=O)CSc1ccccn1)C1(C#N)CCCCC1. The summed E-state index contributed by atoms with van der Waals surface area (Å²) in [6, 6.07) is 8.02. The highest BCUT2D eigenvalue weighted by Crippen LogP contribution is 2.33. The first-order chi connectivity index (χ1) is 9.68. The van der Waals surface area contributed by atoms with Crippen LogP contribution >= 0.6 is 11.8 Å². The van der Waals surface area contributed by atoms with E-state index in [0.29, 0.717) is 5.75 Å². The number of carbonyl (C=O) groups excluding carboxylic acids is 1.